The summed E-state index contributed by atoms with van der Waals surface area (Å²) in [6.45, 7) is 8.42. The Labute approximate surface area is 174 Å². The number of aromatic nitrogens is 2. The van der Waals surface area contributed by atoms with E-state index < -0.39 is 0 Å². The molecular formula is C24H25FN2O3. The summed E-state index contributed by atoms with van der Waals surface area (Å²) in [5.74, 6) is -0.226. The molecule has 3 aromatic rings. The summed E-state index contributed by atoms with van der Waals surface area (Å²) >= 11 is 0. The van der Waals surface area contributed by atoms with Crippen molar-refractivity contribution in [3.63, 3.8) is 0 Å². The summed E-state index contributed by atoms with van der Waals surface area (Å²) in [5, 5.41) is 1.06. The lowest BCUT2D eigenvalue weighted by molar-refractivity contribution is -0.129. The number of fused-ring (bicyclic) bond motifs is 4. The summed E-state index contributed by atoms with van der Waals surface area (Å²) < 4.78 is 21.0. The van der Waals surface area contributed by atoms with E-state index in [9.17, 15) is 14.0 Å². The topological polar surface area (TPSA) is 61.2 Å². The second kappa shape index (κ2) is 7.67. The Morgan fingerprint density at radius 1 is 1.17 bits per heavy atom. The van der Waals surface area contributed by atoms with Gasteiger partial charge in [-0.3, -0.25) is 9.59 Å². The lowest BCUT2D eigenvalue weighted by atomic mass is 9.85. The van der Waals surface area contributed by atoms with Gasteiger partial charge in [-0.05, 0) is 61.4 Å². The monoisotopic (exact) mass is 408 g/mol. The van der Waals surface area contributed by atoms with Crippen molar-refractivity contribution in [3.8, 4) is 11.4 Å². The molecule has 3 heterocycles. The molecule has 0 saturated carbocycles. The molecule has 0 amide bonds. The highest BCUT2D eigenvalue weighted by Gasteiger charge is 2.30. The second-order valence-electron chi connectivity index (χ2n) is 7.62. The van der Waals surface area contributed by atoms with Gasteiger partial charge in [-0.15, -0.1) is 0 Å². The van der Waals surface area contributed by atoms with Gasteiger partial charge in [-0.25, -0.2) is 9.37 Å². The lowest BCUT2D eigenvalue weighted by Gasteiger charge is -2.21. The molecular weight excluding hydrogens is 383 g/mol. The summed E-state index contributed by atoms with van der Waals surface area (Å²) in [7, 11) is 0. The van der Waals surface area contributed by atoms with Crippen LogP contribution in [0.25, 0.3) is 22.3 Å². The number of halogens is 1. The first kappa shape index (κ1) is 20.3. The third-order valence-corrected chi connectivity index (χ3v) is 6.15. The smallest absolute Gasteiger partial charge is 0.293 e. The standard InChI is InChI=1S/C22H19FN2O3.C2H6/c1-11-6-19-21-15(8-25(19)22(27)16(11)9-28-10-26)14-5-3-4-13-12(2)17(23)7-18(24-21)20(13)14;1-2/h6-7,10H,3-5,8-9H2,1-2H3;1-2H3. The van der Waals surface area contributed by atoms with Gasteiger partial charge in [0.05, 0.1) is 29.0 Å². The highest BCUT2D eigenvalue weighted by molar-refractivity contribution is 5.92. The number of hydrogen-bond donors (Lipinski definition) is 0. The number of pyridine rings is 2. The van der Waals surface area contributed by atoms with E-state index in [-0.39, 0.29) is 18.0 Å². The zero-order valence-corrected chi connectivity index (χ0v) is 17.8. The first-order chi connectivity index (χ1) is 14.5. The molecule has 0 N–H and O–H groups in total. The maximum Gasteiger partial charge on any atom is 0.293 e. The van der Waals surface area contributed by atoms with Gasteiger partial charge in [0.1, 0.15) is 12.4 Å². The van der Waals surface area contributed by atoms with Crippen molar-refractivity contribution in [1.82, 2.24) is 9.55 Å². The van der Waals surface area contributed by atoms with Gasteiger partial charge in [0.2, 0.25) is 0 Å². The van der Waals surface area contributed by atoms with Gasteiger partial charge in [0.25, 0.3) is 12.0 Å². The summed E-state index contributed by atoms with van der Waals surface area (Å²) in [6, 6.07) is 3.43. The minimum absolute atomic E-state index is 0.0401. The van der Waals surface area contributed by atoms with Crippen LogP contribution in [0.2, 0.25) is 0 Å². The number of aryl methyl sites for hydroxylation is 3. The van der Waals surface area contributed by atoms with Gasteiger partial charge in [-0.1, -0.05) is 13.8 Å². The molecule has 1 aliphatic carbocycles. The first-order valence-electron chi connectivity index (χ1n) is 10.4. The van der Waals surface area contributed by atoms with E-state index in [0.29, 0.717) is 29.7 Å². The predicted octanol–water partition coefficient (Wildman–Crippen LogP) is 4.37. The van der Waals surface area contributed by atoms with Crippen LogP contribution in [0.5, 0.6) is 0 Å². The van der Waals surface area contributed by atoms with Gasteiger partial charge >= 0.3 is 0 Å². The summed E-state index contributed by atoms with van der Waals surface area (Å²) in [4.78, 5) is 28.4. The van der Waals surface area contributed by atoms with E-state index in [2.05, 4.69) is 0 Å². The number of carbonyl (C=O) groups is 1. The van der Waals surface area contributed by atoms with E-state index in [1.165, 1.54) is 11.6 Å². The highest BCUT2D eigenvalue weighted by atomic mass is 19.1. The van der Waals surface area contributed by atoms with Crippen molar-refractivity contribution in [2.45, 2.75) is 60.1 Å². The molecule has 0 saturated heterocycles. The molecule has 5 rings (SSSR count). The first-order valence-corrected chi connectivity index (χ1v) is 10.4. The van der Waals surface area contributed by atoms with Crippen LogP contribution in [-0.2, 0) is 35.5 Å². The van der Waals surface area contributed by atoms with Crippen LogP contribution in [0, 0.1) is 19.7 Å². The van der Waals surface area contributed by atoms with Crippen LogP contribution < -0.4 is 5.56 Å². The molecule has 1 aromatic carbocycles. The summed E-state index contributed by atoms with van der Waals surface area (Å²) in [5.41, 5.74) is 7.25. The van der Waals surface area contributed by atoms with Gasteiger partial charge in [0.15, 0.2) is 0 Å². The molecule has 0 spiro atoms. The van der Waals surface area contributed by atoms with E-state index in [1.54, 1.807) is 4.57 Å². The maximum atomic E-state index is 14.5. The quantitative estimate of drug-likeness (QED) is 0.472. The summed E-state index contributed by atoms with van der Waals surface area (Å²) in [6.07, 6.45) is 2.72. The molecule has 5 nitrogen and oxygen atoms in total. The van der Waals surface area contributed by atoms with Crippen molar-refractivity contribution in [1.29, 1.82) is 0 Å². The second-order valence-corrected chi connectivity index (χ2v) is 7.62. The fourth-order valence-corrected chi connectivity index (χ4v) is 4.72. The molecule has 2 aromatic heterocycles. The predicted molar refractivity (Wildman–Crippen MR) is 114 cm³/mol. The molecule has 30 heavy (non-hydrogen) atoms. The van der Waals surface area contributed by atoms with E-state index in [4.69, 9.17) is 9.72 Å². The Bertz CT molecular complexity index is 1240. The third kappa shape index (κ3) is 2.85. The molecule has 0 unspecified atom stereocenters. The average Bonchev–Trinajstić information content (AvgIpc) is 3.12. The van der Waals surface area contributed by atoms with Crippen LogP contribution in [0.15, 0.2) is 16.9 Å². The number of hydrogen-bond acceptors (Lipinski definition) is 4. The molecule has 1 aliphatic heterocycles. The van der Waals surface area contributed by atoms with Crippen molar-refractivity contribution in [2.24, 2.45) is 0 Å². The van der Waals surface area contributed by atoms with Crippen molar-refractivity contribution < 1.29 is 13.9 Å². The van der Waals surface area contributed by atoms with Crippen LogP contribution in [0.1, 0.15) is 53.6 Å². The zero-order chi connectivity index (χ0) is 21.6. The Balaban J connectivity index is 0.00000106. The van der Waals surface area contributed by atoms with E-state index >= 15 is 0 Å². The number of rotatable bonds is 3. The largest absolute Gasteiger partial charge is 0.463 e. The van der Waals surface area contributed by atoms with Crippen LogP contribution >= 0.6 is 0 Å². The van der Waals surface area contributed by atoms with Crippen LogP contribution in [-0.4, -0.2) is 16.0 Å². The molecule has 0 radical (unpaired) electrons. The molecule has 0 bridgehead atoms. The third-order valence-electron chi connectivity index (χ3n) is 6.15. The Hall–Kier alpha value is -3.02. The molecule has 0 fully saturated rings. The average molecular weight is 408 g/mol. The Kier molecular flexibility index (Phi) is 5.18. The maximum absolute atomic E-state index is 14.5. The highest BCUT2D eigenvalue weighted by Crippen LogP contribution is 2.41. The van der Waals surface area contributed by atoms with Crippen molar-refractivity contribution in [3.05, 3.63) is 61.7 Å². The molecule has 0 atom stereocenters. The molecule has 2 aliphatic rings. The van der Waals surface area contributed by atoms with Crippen LogP contribution in [0.3, 0.4) is 0 Å². The minimum atomic E-state index is -0.226. The van der Waals surface area contributed by atoms with Gasteiger partial charge in [0, 0.05) is 17.0 Å². The fourth-order valence-electron chi connectivity index (χ4n) is 4.72. The lowest BCUT2D eigenvalue weighted by Crippen LogP contribution is -2.24. The number of nitrogens with zero attached hydrogens (tertiary/aromatic N) is 2. The number of ether oxygens (including phenoxy) is 1. The SMILES string of the molecule is CC.Cc1cc2n(c(=O)c1COC=O)Cc1c-2nc2cc(F)c(C)c3c2c1CCC3. The van der Waals surface area contributed by atoms with Crippen molar-refractivity contribution >= 4 is 17.4 Å². The molecule has 156 valence electrons. The fraction of sp³-hybridized carbons (Fsp3) is 0.375. The molecule has 6 heteroatoms. The van der Waals surface area contributed by atoms with Crippen LogP contribution in [0.4, 0.5) is 4.39 Å². The van der Waals surface area contributed by atoms with E-state index in [0.717, 1.165) is 52.7 Å². The van der Waals surface area contributed by atoms with Gasteiger partial charge in [-0.2, -0.15) is 0 Å². The number of benzene rings is 1. The van der Waals surface area contributed by atoms with Crippen molar-refractivity contribution in [2.75, 3.05) is 0 Å². The Morgan fingerprint density at radius 3 is 2.63 bits per heavy atom. The zero-order valence-electron chi connectivity index (χ0n) is 17.8. The Morgan fingerprint density at radius 2 is 1.90 bits per heavy atom. The minimum Gasteiger partial charge on any atom is -0.463 e. The number of carbonyl (C=O) groups excluding carboxylic acids is 1. The van der Waals surface area contributed by atoms with E-state index in [1.807, 2.05) is 33.8 Å². The normalized spacial score (nSPS) is 13.4. The van der Waals surface area contributed by atoms with Gasteiger partial charge < -0.3 is 9.30 Å².